The van der Waals surface area contributed by atoms with Crippen molar-refractivity contribution in [3.05, 3.63) is 41.2 Å². The number of unbranched alkanes of at least 4 members (excludes halogenated alkanes) is 1. The van der Waals surface area contributed by atoms with Crippen LogP contribution < -0.4 is 9.47 Å². The van der Waals surface area contributed by atoms with Gasteiger partial charge in [-0.25, -0.2) is 0 Å². The van der Waals surface area contributed by atoms with Crippen molar-refractivity contribution in [3.8, 4) is 17.2 Å². The lowest BCUT2D eigenvalue weighted by atomic mass is 9.94. The molecule has 7 nitrogen and oxygen atoms in total. The molecule has 1 fully saturated rings. The molecule has 0 aliphatic carbocycles. The van der Waals surface area contributed by atoms with E-state index in [-0.39, 0.29) is 17.7 Å². The van der Waals surface area contributed by atoms with Crippen LogP contribution in [0.5, 0.6) is 11.5 Å². The van der Waals surface area contributed by atoms with Gasteiger partial charge in [-0.05, 0) is 51.3 Å². The Labute approximate surface area is 196 Å². The second kappa shape index (κ2) is 9.89. The van der Waals surface area contributed by atoms with Crippen molar-refractivity contribution in [1.82, 2.24) is 14.4 Å². The van der Waals surface area contributed by atoms with Gasteiger partial charge in [-0.1, -0.05) is 13.3 Å². The van der Waals surface area contributed by atoms with Gasteiger partial charge >= 0.3 is 0 Å². The van der Waals surface area contributed by atoms with Crippen LogP contribution in [0.3, 0.4) is 0 Å². The number of hydrogen-bond acceptors (Lipinski definition) is 4. The number of amides is 2. The van der Waals surface area contributed by atoms with Crippen molar-refractivity contribution in [2.24, 2.45) is 5.92 Å². The number of piperidine rings is 1. The van der Waals surface area contributed by atoms with E-state index in [1.165, 1.54) is 0 Å². The van der Waals surface area contributed by atoms with Crippen molar-refractivity contribution in [1.29, 1.82) is 0 Å². The maximum atomic E-state index is 13.4. The molecule has 0 N–H and O–H groups in total. The van der Waals surface area contributed by atoms with Crippen molar-refractivity contribution in [2.75, 3.05) is 39.9 Å². The van der Waals surface area contributed by atoms with Crippen LogP contribution in [0.25, 0.3) is 5.69 Å². The van der Waals surface area contributed by atoms with Crippen LogP contribution in [0.2, 0.25) is 0 Å². The molecular formula is C26H35N3O4. The number of carbonyl (C=O) groups excluding carboxylic acids is 2. The zero-order valence-electron chi connectivity index (χ0n) is 20.2. The van der Waals surface area contributed by atoms with E-state index in [4.69, 9.17) is 9.47 Å². The van der Waals surface area contributed by atoms with E-state index < -0.39 is 0 Å². The molecule has 0 radical (unpaired) electrons. The van der Waals surface area contributed by atoms with E-state index in [2.05, 4.69) is 11.5 Å². The molecule has 3 heterocycles. The van der Waals surface area contributed by atoms with E-state index in [1.54, 1.807) is 0 Å². The highest BCUT2D eigenvalue weighted by Gasteiger charge is 2.30. The number of ether oxygens (including phenoxy) is 2. The number of nitrogens with zero attached hydrogens (tertiary/aromatic N) is 3. The molecule has 0 unspecified atom stereocenters. The molecular weight excluding hydrogens is 418 g/mol. The summed E-state index contributed by atoms with van der Waals surface area (Å²) in [5, 5.41) is 0. The molecule has 7 heteroatoms. The normalized spacial score (nSPS) is 16.1. The van der Waals surface area contributed by atoms with E-state index in [9.17, 15) is 9.59 Å². The Hall–Kier alpha value is -2.96. The molecule has 178 valence electrons. The largest absolute Gasteiger partial charge is 0.486 e. The van der Waals surface area contributed by atoms with Crippen molar-refractivity contribution >= 4 is 11.8 Å². The van der Waals surface area contributed by atoms with Gasteiger partial charge in [0.1, 0.15) is 13.2 Å². The number of aryl methyl sites for hydroxylation is 1. The van der Waals surface area contributed by atoms with E-state index in [0.29, 0.717) is 31.9 Å². The first-order valence-electron chi connectivity index (χ1n) is 12.0. The first kappa shape index (κ1) is 23.2. The predicted molar refractivity (Wildman–Crippen MR) is 127 cm³/mol. The fraction of sp³-hybridized carbons (Fsp3) is 0.538. The summed E-state index contributed by atoms with van der Waals surface area (Å²) >= 11 is 0. The van der Waals surface area contributed by atoms with E-state index in [0.717, 1.165) is 60.8 Å². The van der Waals surface area contributed by atoms with Gasteiger partial charge in [0.2, 0.25) is 5.91 Å². The summed E-state index contributed by atoms with van der Waals surface area (Å²) in [7, 11) is 1.89. The summed E-state index contributed by atoms with van der Waals surface area (Å²) in [5.41, 5.74) is 3.57. The number of rotatable bonds is 6. The number of hydrogen-bond donors (Lipinski definition) is 0. The molecule has 0 spiro atoms. The van der Waals surface area contributed by atoms with Crippen molar-refractivity contribution in [3.63, 3.8) is 0 Å². The molecule has 2 aliphatic rings. The Morgan fingerprint density at radius 1 is 1.06 bits per heavy atom. The van der Waals surface area contributed by atoms with Crippen LogP contribution in [0, 0.1) is 19.8 Å². The molecule has 0 atom stereocenters. The average Bonchev–Trinajstić information content (AvgIpc) is 3.14. The minimum atomic E-state index is 0.0149. The Morgan fingerprint density at radius 2 is 1.76 bits per heavy atom. The quantitative estimate of drug-likeness (QED) is 0.664. The summed E-state index contributed by atoms with van der Waals surface area (Å²) in [6.45, 7) is 9.26. The average molecular weight is 454 g/mol. The third-order valence-electron chi connectivity index (χ3n) is 6.80. The monoisotopic (exact) mass is 453 g/mol. The van der Waals surface area contributed by atoms with Gasteiger partial charge in [0, 0.05) is 55.7 Å². The number of fused-ring (bicyclic) bond motifs is 1. The van der Waals surface area contributed by atoms with Gasteiger partial charge in [0.05, 0.1) is 5.56 Å². The van der Waals surface area contributed by atoms with Crippen LogP contribution in [0.1, 0.15) is 54.4 Å². The number of benzene rings is 1. The number of aromatic nitrogens is 1. The highest BCUT2D eigenvalue weighted by Crippen LogP contribution is 2.34. The Balaban J connectivity index is 1.45. The first-order valence-corrected chi connectivity index (χ1v) is 12.0. The van der Waals surface area contributed by atoms with Gasteiger partial charge in [-0.15, -0.1) is 0 Å². The fourth-order valence-corrected chi connectivity index (χ4v) is 4.86. The maximum Gasteiger partial charge on any atom is 0.255 e. The Morgan fingerprint density at radius 3 is 2.45 bits per heavy atom. The number of likely N-dealkylation sites (tertiary alicyclic amines) is 1. The summed E-state index contributed by atoms with van der Waals surface area (Å²) in [6.07, 6.45) is 3.55. The lowest BCUT2D eigenvalue weighted by molar-refractivity contribution is -0.135. The highest BCUT2D eigenvalue weighted by atomic mass is 16.6. The summed E-state index contributed by atoms with van der Waals surface area (Å²) < 4.78 is 13.5. The smallest absolute Gasteiger partial charge is 0.255 e. The molecule has 4 rings (SSSR count). The highest BCUT2D eigenvalue weighted by molar-refractivity contribution is 5.96. The lowest BCUT2D eigenvalue weighted by Crippen LogP contribution is -2.43. The zero-order valence-corrected chi connectivity index (χ0v) is 20.2. The first-order chi connectivity index (χ1) is 15.9. The van der Waals surface area contributed by atoms with Gasteiger partial charge in [-0.3, -0.25) is 9.59 Å². The molecule has 0 bridgehead atoms. The van der Waals surface area contributed by atoms with Gasteiger partial charge in [0.15, 0.2) is 11.5 Å². The molecule has 2 aliphatic heterocycles. The van der Waals surface area contributed by atoms with Crippen LogP contribution in [0.4, 0.5) is 0 Å². The number of carbonyl (C=O) groups is 2. The summed E-state index contributed by atoms with van der Waals surface area (Å²) in [5.74, 6) is 1.75. The van der Waals surface area contributed by atoms with Crippen molar-refractivity contribution < 1.29 is 19.1 Å². The second-order valence-corrected chi connectivity index (χ2v) is 9.13. The third-order valence-corrected chi connectivity index (χ3v) is 6.80. The van der Waals surface area contributed by atoms with Crippen LogP contribution in [-0.4, -0.2) is 66.1 Å². The predicted octanol–water partition coefficient (Wildman–Crippen LogP) is 3.98. The molecule has 1 saturated heterocycles. The lowest BCUT2D eigenvalue weighted by Gasteiger charge is -2.33. The molecule has 1 aromatic carbocycles. The maximum absolute atomic E-state index is 13.4. The molecule has 2 amide bonds. The van der Waals surface area contributed by atoms with Gasteiger partial charge in [-0.2, -0.15) is 0 Å². The fourth-order valence-electron chi connectivity index (χ4n) is 4.86. The molecule has 33 heavy (non-hydrogen) atoms. The van der Waals surface area contributed by atoms with Crippen LogP contribution >= 0.6 is 0 Å². The molecule has 0 saturated carbocycles. The standard InChI is InChI=1S/C26H35N3O4/c1-5-6-11-27(4)25(30)20-9-12-28(13-10-20)26(31)22-16-18(2)29(19(22)3)21-7-8-23-24(17-21)33-15-14-32-23/h7-8,16-17,20H,5-6,9-15H2,1-4H3. The van der Waals surface area contributed by atoms with Crippen molar-refractivity contribution in [2.45, 2.75) is 46.5 Å². The third kappa shape index (κ3) is 4.72. The zero-order chi connectivity index (χ0) is 23.5. The molecule has 1 aromatic heterocycles. The summed E-state index contributed by atoms with van der Waals surface area (Å²) in [4.78, 5) is 29.8. The minimum Gasteiger partial charge on any atom is -0.486 e. The van der Waals surface area contributed by atoms with E-state index >= 15 is 0 Å². The Bertz CT molecular complexity index is 1020. The summed E-state index contributed by atoms with van der Waals surface area (Å²) in [6, 6.07) is 7.84. The Kier molecular flexibility index (Phi) is 6.96. The van der Waals surface area contributed by atoms with Gasteiger partial charge < -0.3 is 23.8 Å². The van der Waals surface area contributed by atoms with Crippen LogP contribution in [0.15, 0.2) is 24.3 Å². The minimum absolute atomic E-state index is 0.0149. The van der Waals surface area contributed by atoms with Crippen LogP contribution in [-0.2, 0) is 4.79 Å². The molecule has 2 aromatic rings. The van der Waals surface area contributed by atoms with E-state index in [1.807, 2.05) is 55.0 Å². The van der Waals surface area contributed by atoms with Gasteiger partial charge in [0.25, 0.3) is 5.91 Å². The second-order valence-electron chi connectivity index (χ2n) is 9.13. The topological polar surface area (TPSA) is 64.0 Å². The SMILES string of the molecule is CCCCN(C)C(=O)C1CCN(C(=O)c2cc(C)n(-c3ccc4c(c3)OCCO4)c2C)CC1.